The van der Waals surface area contributed by atoms with E-state index in [4.69, 9.17) is 5.11 Å². The molecule has 0 unspecified atom stereocenters. The van der Waals surface area contributed by atoms with E-state index < -0.39 is 42.2 Å². The van der Waals surface area contributed by atoms with Crippen LogP contribution in [0.2, 0.25) is 0 Å². The molecule has 1 aromatic rings. The molecule has 1 aliphatic rings. The number of imide groups is 2. The van der Waals surface area contributed by atoms with Crippen molar-refractivity contribution in [3.8, 4) is 0 Å². The lowest BCUT2D eigenvalue weighted by molar-refractivity contribution is -0.622. The van der Waals surface area contributed by atoms with E-state index in [1.54, 1.807) is 20.8 Å². The molecule has 0 bridgehead atoms. The van der Waals surface area contributed by atoms with Crippen molar-refractivity contribution in [3.05, 3.63) is 22.4 Å². The standard InChI is InChI=1S/C15H20N4O6/c1-6(2)10(11-12(22)16-15(24)17-13(11)23)14-18(5-9(20)21)7(3)8(4)19(14)25/h6,10-11H,5H2,1-4H3,(H,20,21)(H2,16,17,22,23,24)/t10-/m1/s1. The summed E-state index contributed by atoms with van der Waals surface area (Å²) in [5.41, 5.74) is 0.723. The van der Waals surface area contributed by atoms with Gasteiger partial charge in [-0.2, -0.15) is 0 Å². The molecule has 2 heterocycles. The van der Waals surface area contributed by atoms with E-state index in [1.165, 1.54) is 11.5 Å². The Morgan fingerprint density at radius 3 is 2.20 bits per heavy atom. The monoisotopic (exact) mass is 352 g/mol. The molecule has 1 saturated heterocycles. The molecule has 25 heavy (non-hydrogen) atoms. The number of hydrogen-bond acceptors (Lipinski definition) is 5. The largest absolute Gasteiger partial charge is 0.711 e. The number of carbonyl (C=O) groups is 4. The summed E-state index contributed by atoms with van der Waals surface area (Å²) in [4.78, 5) is 47.0. The lowest BCUT2D eigenvalue weighted by atomic mass is 9.80. The van der Waals surface area contributed by atoms with E-state index in [0.29, 0.717) is 10.4 Å². The molecule has 0 saturated carbocycles. The van der Waals surface area contributed by atoms with Crippen LogP contribution in [-0.4, -0.2) is 33.5 Å². The summed E-state index contributed by atoms with van der Waals surface area (Å²) in [6.45, 7) is 6.08. The van der Waals surface area contributed by atoms with E-state index in [2.05, 4.69) is 0 Å². The van der Waals surface area contributed by atoms with Gasteiger partial charge in [-0.25, -0.2) is 18.9 Å². The molecule has 10 heteroatoms. The summed E-state index contributed by atoms with van der Waals surface area (Å²) in [6, 6.07) is -0.919. The third-order valence-corrected chi connectivity index (χ3v) is 4.43. The molecule has 1 atom stereocenters. The fraction of sp³-hybridized carbons (Fsp3) is 0.533. The predicted octanol–water partition coefficient (Wildman–Crippen LogP) is -0.455. The van der Waals surface area contributed by atoms with Crippen LogP contribution >= 0.6 is 0 Å². The normalized spacial score (nSPS) is 16.8. The highest BCUT2D eigenvalue weighted by Gasteiger charge is 2.47. The second-order valence-corrected chi connectivity index (χ2v) is 6.36. The van der Waals surface area contributed by atoms with Gasteiger partial charge in [0.2, 0.25) is 11.8 Å². The molecule has 4 amide bonds. The van der Waals surface area contributed by atoms with Crippen molar-refractivity contribution in [1.29, 1.82) is 0 Å². The fourth-order valence-electron chi connectivity index (χ4n) is 3.13. The molecule has 0 aromatic carbocycles. The van der Waals surface area contributed by atoms with Gasteiger partial charge in [0.1, 0.15) is 17.3 Å². The Morgan fingerprint density at radius 1 is 1.24 bits per heavy atom. The van der Waals surface area contributed by atoms with Gasteiger partial charge in [0.05, 0.1) is 5.92 Å². The highest BCUT2D eigenvalue weighted by molar-refractivity contribution is 6.16. The number of aromatic nitrogens is 2. The lowest BCUT2D eigenvalue weighted by Gasteiger charge is -2.29. The van der Waals surface area contributed by atoms with Crippen molar-refractivity contribution >= 4 is 23.8 Å². The number of barbiturate groups is 1. The number of nitrogens with zero attached hydrogens (tertiary/aromatic N) is 2. The minimum Gasteiger partial charge on any atom is -0.711 e. The van der Waals surface area contributed by atoms with Crippen LogP contribution in [0.15, 0.2) is 0 Å². The highest BCUT2D eigenvalue weighted by atomic mass is 16.5. The predicted molar refractivity (Wildman–Crippen MR) is 83.3 cm³/mol. The second kappa shape index (κ2) is 6.54. The third-order valence-electron chi connectivity index (χ3n) is 4.43. The first kappa shape index (κ1) is 18.4. The van der Waals surface area contributed by atoms with Crippen molar-refractivity contribution in [1.82, 2.24) is 15.2 Å². The summed E-state index contributed by atoms with van der Waals surface area (Å²) < 4.78 is 1.85. The Morgan fingerprint density at radius 2 is 1.76 bits per heavy atom. The van der Waals surface area contributed by atoms with Crippen LogP contribution in [-0.2, 0) is 20.9 Å². The average molecular weight is 352 g/mol. The van der Waals surface area contributed by atoms with Crippen LogP contribution in [0.25, 0.3) is 0 Å². The summed E-state index contributed by atoms with van der Waals surface area (Å²) in [6.07, 6.45) is 0. The summed E-state index contributed by atoms with van der Waals surface area (Å²) >= 11 is 0. The maximum absolute atomic E-state index is 12.6. The van der Waals surface area contributed by atoms with Crippen molar-refractivity contribution < 1.29 is 29.0 Å². The van der Waals surface area contributed by atoms with Crippen LogP contribution < -0.4 is 15.4 Å². The number of nitrogens with one attached hydrogen (secondary N) is 2. The van der Waals surface area contributed by atoms with Crippen LogP contribution in [0, 0.1) is 30.9 Å². The van der Waals surface area contributed by atoms with E-state index in [0.717, 1.165) is 0 Å². The molecule has 1 aromatic heterocycles. The molecule has 0 aliphatic carbocycles. The number of urea groups is 1. The van der Waals surface area contributed by atoms with Crippen molar-refractivity contribution in [2.75, 3.05) is 0 Å². The van der Waals surface area contributed by atoms with Gasteiger partial charge >= 0.3 is 12.0 Å². The molecule has 10 nitrogen and oxygen atoms in total. The number of rotatable bonds is 5. The zero-order chi connectivity index (χ0) is 19.0. The molecule has 1 aliphatic heterocycles. The zero-order valence-corrected chi connectivity index (χ0v) is 14.3. The molecular formula is C15H20N4O6. The number of carboxylic acid groups (broad SMARTS) is 1. The molecular weight excluding hydrogens is 332 g/mol. The van der Waals surface area contributed by atoms with Crippen molar-refractivity contribution in [3.63, 3.8) is 0 Å². The Balaban J connectivity index is 2.64. The number of amides is 4. The Bertz CT molecular complexity index is 747. The van der Waals surface area contributed by atoms with Gasteiger partial charge in [-0.1, -0.05) is 13.8 Å². The third kappa shape index (κ3) is 3.19. The average Bonchev–Trinajstić information content (AvgIpc) is 2.67. The SMILES string of the molecule is Cc1c(C)[n+]([O-])c([C@H](C(C)C)C2C(=O)NC(=O)NC2=O)n1CC(=O)O. The van der Waals surface area contributed by atoms with Gasteiger partial charge in [-0.3, -0.25) is 20.2 Å². The number of carboxylic acids is 1. The molecule has 3 N–H and O–H groups in total. The van der Waals surface area contributed by atoms with Gasteiger partial charge in [-0.05, 0) is 5.92 Å². The first-order valence-corrected chi connectivity index (χ1v) is 7.72. The minimum absolute atomic E-state index is 0.0112. The van der Waals surface area contributed by atoms with E-state index in [-0.39, 0.29) is 17.4 Å². The number of hydrogen-bond donors (Lipinski definition) is 3. The Labute approximate surface area is 143 Å². The van der Waals surface area contributed by atoms with Gasteiger partial charge in [-0.15, -0.1) is 0 Å². The van der Waals surface area contributed by atoms with E-state index in [1.807, 2.05) is 10.6 Å². The Hall–Kier alpha value is -2.91. The van der Waals surface area contributed by atoms with E-state index in [9.17, 15) is 24.4 Å². The van der Waals surface area contributed by atoms with E-state index >= 15 is 0 Å². The second-order valence-electron chi connectivity index (χ2n) is 6.36. The number of carbonyl (C=O) groups excluding carboxylic acids is 3. The van der Waals surface area contributed by atoms with Gasteiger partial charge in [0, 0.05) is 13.8 Å². The van der Waals surface area contributed by atoms with Crippen molar-refractivity contribution in [2.24, 2.45) is 11.8 Å². The molecule has 136 valence electrons. The quantitative estimate of drug-likeness (QED) is 0.372. The van der Waals surface area contributed by atoms with Crippen LogP contribution in [0.1, 0.15) is 37.0 Å². The number of aliphatic carboxylic acids is 1. The highest BCUT2D eigenvalue weighted by Crippen LogP contribution is 2.33. The van der Waals surface area contributed by atoms with Crippen LogP contribution in [0.4, 0.5) is 4.79 Å². The number of imidazole rings is 1. The summed E-state index contributed by atoms with van der Waals surface area (Å²) in [5, 5.41) is 25.8. The zero-order valence-electron chi connectivity index (χ0n) is 14.3. The maximum atomic E-state index is 12.6. The maximum Gasteiger partial charge on any atom is 0.346 e. The molecule has 2 rings (SSSR count). The summed E-state index contributed by atoms with van der Waals surface area (Å²) in [7, 11) is 0. The molecule has 0 spiro atoms. The van der Waals surface area contributed by atoms with Crippen molar-refractivity contribution in [2.45, 2.75) is 40.2 Å². The Kier molecular flexibility index (Phi) is 4.82. The van der Waals surface area contributed by atoms with Gasteiger partial charge in [0.15, 0.2) is 6.54 Å². The lowest BCUT2D eigenvalue weighted by Crippen LogP contribution is -2.58. The first-order valence-electron chi connectivity index (χ1n) is 7.72. The van der Waals surface area contributed by atoms with Gasteiger partial charge < -0.3 is 10.3 Å². The molecule has 0 radical (unpaired) electrons. The van der Waals surface area contributed by atoms with Gasteiger partial charge in [0.25, 0.3) is 5.82 Å². The fourth-order valence-corrected chi connectivity index (χ4v) is 3.13. The molecule has 1 fully saturated rings. The summed E-state index contributed by atoms with van der Waals surface area (Å²) in [5.74, 6) is -5.35. The topological polar surface area (TPSA) is 144 Å². The minimum atomic E-state index is -1.32. The first-order chi connectivity index (χ1) is 11.6. The van der Waals surface area contributed by atoms with Crippen LogP contribution in [0.3, 0.4) is 0 Å². The smallest absolute Gasteiger partial charge is 0.346 e. The van der Waals surface area contributed by atoms with Crippen LogP contribution in [0.5, 0.6) is 0 Å².